The highest BCUT2D eigenvalue weighted by molar-refractivity contribution is 9.13. The summed E-state index contributed by atoms with van der Waals surface area (Å²) >= 11 is 6.70. The Morgan fingerprint density at radius 1 is 1.29 bits per heavy atom. The molecule has 2 N–H and O–H groups in total. The molecule has 0 spiro atoms. The number of carbonyl (C=O) groups excluding carboxylic acids is 1. The third-order valence-electron chi connectivity index (χ3n) is 3.08. The number of amides is 1. The summed E-state index contributed by atoms with van der Waals surface area (Å²) in [4.78, 5) is 11.5. The first-order valence-corrected chi connectivity index (χ1v) is 8.17. The predicted molar refractivity (Wildman–Crippen MR) is 91.5 cm³/mol. The molecule has 0 unspecified atom stereocenters. The molecule has 0 aliphatic carbocycles. The molecule has 0 saturated heterocycles. The van der Waals surface area contributed by atoms with Crippen LogP contribution >= 0.6 is 31.9 Å². The van der Waals surface area contributed by atoms with Gasteiger partial charge in [-0.2, -0.15) is 0 Å². The quantitative estimate of drug-likeness (QED) is 0.716. The fourth-order valence-electron chi connectivity index (χ4n) is 1.86. The van der Waals surface area contributed by atoms with Crippen LogP contribution in [0.5, 0.6) is 0 Å². The van der Waals surface area contributed by atoms with E-state index in [1.54, 1.807) is 0 Å². The van der Waals surface area contributed by atoms with Crippen LogP contribution in [0, 0.1) is 6.92 Å². The van der Waals surface area contributed by atoms with Crippen LogP contribution in [0.15, 0.2) is 37.8 Å². The van der Waals surface area contributed by atoms with E-state index in [0.717, 1.165) is 27.2 Å². The molecule has 6 heteroatoms. The van der Waals surface area contributed by atoms with Gasteiger partial charge in [-0.15, -0.1) is 0 Å². The van der Waals surface area contributed by atoms with E-state index in [-0.39, 0.29) is 5.91 Å². The van der Waals surface area contributed by atoms with E-state index in [1.807, 2.05) is 38.1 Å². The molecule has 1 aromatic carbocycles. The first-order valence-electron chi connectivity index (χ1n) is 6.58. The van der Waals surface area contributed by atoms with Gasteiger partial charge >= 0.3 is 0 Å². The minimum atomic E-state index is 0.00847. The first kappa shape index (κ1) is 16.1. The summed E-state index contributed by atoms with van der Waals surface area (Å²) in [6.07, 6.45) is 0.464. The Bertz CT molecular complexity index is 634. The number of anilines is 2. The summed E-state index contributed by atoms with van der Waals surface area (Å²) in [5.41, 5.74) is 2.80. The second kappa shape index (κ2) is 7.13. The molecule has 0 saturated carbocycles. The van der Waals surface area contributed by atoms with Gasteiger partial charge in [0, 0.05) is 17.8 Å². The molecule has 0 bridgehead atoms. The second-order valence-electron chi connectivity index (χ2n) is 4.57. The van der Waals surface area contributed by atoms with Gasteiger partial charge in [-0.25, -0.2) is 0 Å². The van der Waals surface area contributed by atoms with Gasteiger partial charge in [-0.05, 0) is 62.5 Å². The predicted octanol–water partition coefficient (Wildman–Crippen LogP) is 5.07. The van der Waals surface area contributed by atoms with E-state index >= 15 is 0 Å². The van der Waals surface area contributed by atoms with E-state index < -0.39 is 0 Å². The van der Waals surface area contributed by atoms with Crippen molar-refractivity contribution in [3.05, 3.63) is 44.7 Å². The molecule has 4 nitrogen and oxygen atoms in total. The lowest BCUT2D eigenvalue weighted by Crippen LogP contribution is -2.11. The SMILES string of the molecule is CCC(=O)Nc1cccc(NCc2cc(Br)c(Br)o2)c1C. The summed E-state index contributed by atoms with van der Waals surface area (Å²) in [7, 11) is 0. The topological polar surface area (TPSA) is 54.3 Å². The molecule has 2 rings (SSSR count). The number of carbonyl (C=O) groups is 1. The van der Waals surface area contributed by atoms with Gasteiger partial charge in [-0.3, -0.25) is 4.79 Å². The number of halogens is 2. The van der Waals surface area contributed by atoms with Gasteiger partial charge in [0.1, 0.15) is 5.76 Å². The standard InChI is InChI=1S/C15H16Br2N2O2/c1-3-14(20)19-13-6-4-5-12(9(13)2)18-8-10-7-11(16)15(17)21-10/h4-7,18H,3,8H2,1-2H3,(H,19,20). The van der Waals surface area contributed by atoms with E-state index in [0.29, 0.717) is 17.6 Å². The molecule has 0 aliphatic rings. The lowest BCUT2D eigenvalue weighted by atomic mass is 10.1. The van der Waals surface area contributed by atoms with Gasteiger partial charge in [-0.1, -0.05) is 13.0 Å². The fraction of sp³-hybridized carbons (Fsp3) is 0.267. The van der Waals surface area contributed by atoms with Crippen molar-refractivity contribution in [1.29, 1.82) is 0 Å². The summed E-state index contributed by atoms with van der Waals surface area (Å²) in [5, 5.41) is 6.21. The van der Waals surface area contributed by atoms with Crippen LogP contribution in [0.2, 0.25) is 0 Å². The lowest BCUT2D eigenvalue weighted by molar-refractivity contribution is -0.115. The number of benzene rings is 1. The van der Waals surface area contributed by atoms with E-state index in [9.17, 15) is 4.79 Å². The van der Waals surface area contributed by atoms with Crippen LogP contribution in [0.1, 0.15) is 24.7 Å². The van der Waals surface area contributed by atoms with Gasteiger partial charge < -0.3 is 15.1 Å². The molecule has 1 amide bonds. The van der Waals surface area contributed by atoms with Crippen molar-refractivity contribution in [1.82, 2.24) is 0 Å². The van der Waals surface area contributed by atoms with Crippen molar-refractivity contribution in [2.45, 2.75) is 26.8 Å². The largest absolute Gasteiger partial charge is 0.451 e. The molecule has 2 aromatic rings. The molecule has 0 fully saturated rings. The van der Waals surface area contributed by atoms with E-state index in [4.69, 9.17) is 4.42 Å². The average molecular weight is 416 g/mol. The van der Waals surface area contributed by atoms with E-state index in [1.165, 1.54) is 0 Å². The minimum absolute atomic E-state index is 0.00847. The normalized spacial score (nSPS) is 10.5. The Morgan fingerprint density at radius 3 is 2.62 bits per heavy atom. The summed E-state index contributed by atoms with van der Waals surface area (Å²) in [6.45, 7) is 4.37. The number of rotatable bonds is 5. The summed E-state index contributed by atoms with van der Waals surface area (Å²) < 4.78 is 7.10. The fourth-order valence-corrected chi connectivity index (χ4v) is 2.52. The molecule has 0 atom stereocenters. The van der Waals surface area contributed by atoms with E-state index in [2.05, 4.69) is 42.5 Å². The molecule has 21 heavy (non-hydrogen) atoms. The van der Waals surface area contributed by atoms with Gasteiger partial charge in [0.05, 0.1) is 11.0 Å². The second-order valence-corrected chi connectivity index (χ2v) is 6.14. The monoisotopic (exact) mass is 414 g/mol. The third-order valence-corrected chi connectivity index (χ3v) is 4.79. The zero-order chi connectivity index (χ0) is 15.4. The summed E-state index contributed by atoms with van der Waals surface area (Å²) in [5.74, 6) is 0.824. The van der Waals surface area contributed by atoms with Crippen molar-refractivity contribution in [3.8, 4) is 0 Å². The van der Waals surface area contributed by atoms with Crippen LogP contribution in [-0.2, 0) is 11.3 Å². The molecule has 1 heterocycles. The highest BCUT2D eigenvalue weighted by Gasteiger charge is 2.09. The van der Waals surface area contributed by atoms with Crippen LogP contribution in [0.4, 0.5) is 11.4 Å². The minimum Gasteiger partial charge on any atom is -0.451 e. The Morgan fingerprint density at radius 2 is 2.00 bits per heavy atom. The zero-order valence-electron chi connectivity index (χ0n) is 11.8. The van der Waals surface area contributed by atoms with Crippen LogP contribution in [0.3, 0.4) is 0 Å². The average Bonchev–Trinajstić information content (AvgIpc) is 2.78. The van der Waals surface area contributed by atoms with Gasteiger partial charge in [0.2, 0.25) is 5.91 Å². The number of hydrogen-bond donors (Lipinski definition) is 2. The van der Waals surface area contributed by atoms with Crippen LogP contribution in [-0.4, -0.2) is 5.91 Å². The Balaban J connectivity index is 2.09. The first-order chi connectivity index (χ1) is 10.0. The molecule has 112 valence electrons. The van der Waals surface area contributed by atoms with Crippen molar-refractivity contribution in [3.63, 3.8) is 0 Å². The number of nitrogens with one attached hydrogen (secondary N) is 2. The number of hydrogen-bond acceptors (Lipinski definition) is 3. The smallest absolute Gasteiger partial charge is 0.224 e. The van der Waals surface area contributed by atoms with Crippen molar-refractivity contribution in [2.75, 3.05) is 10.6 Å². The van der Waals surface area contributed by atoms with Crippen molar-refractivity contribution in [2.24, 2.45) is 0 Å². The van der Waals surface area contributed by atoms with Crippen LogP contribution in [0.25, 0.3) is 0 Å². The van der Waals surface area contributed by atoms with Crippen molar-refractivity contribution >= 4 is 49.1 Å². The molecule has 0 aliphatic heterocycles. The Kier molecular flexibility index (Phi) is 5.47. The molecular weight excluding hydrogens is 400 g/mol. The van der Waals surface area contributed by atoms with Crippen LogP contribution < -0.4 is 10.6 Å². The maximum absolute atomic E-state index is 11.5. The zero-order valence-corrected chi connectivity index (χ0v) is 15.0. The molecule has 1 aromatic heterocycles. The summed E-state index contributed by atoms with van der Waals surface area (Å²) in [6, 6.07) is 7.70. The third kappa shape index (κ3) is 4.11. The maximum Gasteiger partial charge on any atom is 0.224 e. The lowest BCUT2D eigenvalue weighted by Gasteiger charge is -2.13. The molecule has 0 radical (unpaired) electrons. The highest BCUT2D eigenvalue weighted by Crippen LogP contribution is 2.28. The van der Waals surface area contributed by atoms with Gasteiger partial charge in [0.15, 0.2) is 4.67 Å². The highest BCUT2D eigenvalue weighted by atomic mass is 79.9. The van der Waals surface area contributed by atoms with Gasteiger partial charge in [0.25, 0.3) is 0 Å². The Hall–Kier alpha value is -1.27. The van der Waals surface area contributed by atoms with Crippen molar-refractivity contribution < 1.29 is 9.21 Å². The number of furan rings is 1. The molecular formula is C15H16Br2N2O2. The Labute approximate surface area is 140 Å². The maximum atomic E-state index is 11.5.